The number of nitrogens with zero attached hydrogens (tertiary/aromatic N) is 4. The van der Waals surface area contributed by atoms with E-state index in [1.807, 2.05) is 60.7 Å². The topological polar surface area (TPSA) is 43.6 Å². The molecule has 10 rings (SSSR count). The zero-order chi connectivity index (χ0) is 32.3. The van der Waals surface area contributed by atoms with Crippen LogP contribution in [-0.2, 0) is 0 Å². The third-order valence-corrected chi connectivity index (χ3v) is 9.60. The molecule has 0 saturated carbocycles. The molecule has 2 aromatic heterocycles. The molecule has 0 saturated heterocycles. The largest absolute Gasteiger partial charge is 0.309 e. The number of hydrogen-bond acceptors (Lipinski definition) is 3. The fourth-order valence-corrected chi connectivity index (χ4v) is 7.37. The third-order valence-electron chi connectivity index (χ3n) is 9.60. The van der Waals surface area contributed by atoms with E-state index >= 15 is 0 Å². The van der Waals surface area contributed by atoms with Crippen molar-refractivity contribution in [3.8, 4) is 39.9 Å². The smallest absolute Gasteiger partial charge is 0.164 e. The molecule has 0 amide bonds. The molecule has 0 fully saturated rings. The summed E-state index contributed by atoms with van der Waals surface area (Å²) in [4.78, 5) is 14.9. The van der Waals surface area contributed by atoms with E-state index in [2.05, 4.69) is 114 Å². The minimum atomic E-state index is 0.638. The van der Waals surface area contributed by atoms with Gasteiger partial charge in [0, 0.05) is 33.2 Å². The van der Waals surface area contributed by atoms with Gasteiger partial charge < -0.3 is 4.57 Å². The van der Waals surface area contributed by atoms with Gasteiger partial charge in [0.25, 0.3) is 0 Å². The van der Waals surface area contributed by atoms with Crippen molar-refractivity contribution >= 4 is 54.1 Å². The van der Waals surface area contributed by atoms with Gasteiger partial charge in [0.05, 0.1) is 11.0 Å². The quantitative estimate of drug-likeness (QED) is 0.183. The highest BCUT2D eigenvalue weighted by Gasteiger charge is 2.18. The van der Waals surface area contributed by atoms with Crippen LogP contribution in [0.1, 0.15) is 0 Å². The lowest BCUT2D eigenvalue weighted by Gasteiger charge is -2.12. The van der Waals surface area contributed by atoms with Crippen LogP contribution in [0.25, 0.3) is 94.0 Å². The molecule has 8 aromatic carbocycles. The Hall–Kier alpha value is -6.65. The van der Waals surface area contributed by atoms with Gasteiger partial charge in [-0.15, -0.1) is 0 Å². The third kappa shape index (κ3) is 4.42. The van der Waals surface area contributed by atoms with E-state index in [1.54, 1.807) is 0 Å². The first-order valence-corrected chi connectivity index (χ1v) is 16.5. The fourth-order valence-electron chi connectivity index (χ4n) is 7.37. The summed E-state index contributed by atoms with van der Waals surface area (Å²) in [6.07, 6.45) is 0. The normalized spacial score (nSPS) is 11.7. The highest BCUT2D eigenvalue weighted by atomic mass is 15.0. The fraction of sp³-hybridized carbons (Fsp3) is 0. The Labute approximate surface area is 282 Å². The second-order valence-electron chi connectivity index (χ2n) is 12.4. The van der Waals surface area contributed by atoms with Crippen LogP contribution < -0.4 is 0 Å². The number of hydrogen-bond donors (Lipinski definition) is 0. The molecule has 4 heteroatoms. The molecule has 0 aliphatic rings. The predicted molar refractivity (Wildman–Crippen MR) is 203 cm³/mol. The van der Waals surface area contributed by atoms with Crippen LogP contribution in [0.3, 0.4) is 0 Å². The van der Waals surface area contributed by atoms with Gasteiger partial charge in [-0.3, -0.25) is 0 Å². The van der Waals surface area contributed by atoms with Gasteiger partial charge in [-0.05, 0) is 56.6 Å². The summed E-state index contributed by atoms with van der Waals surface area (Å²) < 4.78 is 2.38. The molecule has 4 nitrogen and oxygen atoms in total. The van der Waals surface area contributed by atoms with Crippen LogP contribution >= 0.6 is 0 Å². The van der Waals surface area contributed by atoms with Crippen molar-refractivity contribution in [3.05, 3.63) is 170 Å². The molecule has 49 heavy (non-hydrogen) atoms. The maximum Gasteiger partial charge on any atom is 0.164 e. The maximum atomic E-state index is 5.01. The first kappa shape index (κ1) is 27.5. The molecule has 0 bridgehead atoms. The standard InChI is InChI=1S/C45H28N4/c1-3-13-31(14-4-1)43-46-44(32-15-5-2-6-16-32)48-45(47-43)33-17-11-18-34(28-33)49-39-21-10-9-20-38(39)42-40(49)27-24-30-23-25-36-35-19-8-7-12-29(35)22-26-37(36)41(30)42/h1-28H. The number of para-hydroxylation sites is 1. The molecule has 0 atom stereocenters. The van der Waals surface area contributed by atoms with Crippen molar-refractivity contribution in [2.45, 2.75) is 0 Å². The maximum absolute atomic E-state index is 5.01. The first-order chi connectivity index (χ1) is 24.3. The van der Waals surface area contributed by atoms with Crippen LogP contribution in [0.15, 0.2) is 170 Å². The molecular weight excluding hydrogens is 597 g/mol. The van der Waals surface area contributed by atoms with Gasteiger partial charge in [-0.2, -0.15) is 0 Å². The monoisotopic (exact) mass is 624 g/mol. The van der Waals surface area contributed by atoms with E-state index in [4.69, 9.17) is 15.0 Å². The van der Waals surface area contributed by atoms with Crippen molar-refractivity contribution in [1.82, 2.24) is 19.5 Å². The summed E-state index contributed by atoms with van der Waals surface area (Å²) in [7, 11) is 0. The van der Waals surface area contributed by atoms with Gasteiger partial charge in [0.2, 0.25) is 0 Å². The number of rotatable bonds is 4. The van der Waals surface area contributed by atoms with Crippen LogP contribution in [0.5, 0.6) is 0 Å². The van der Waals surface area contributed by atoms with Gasteiger partial charge in [-0.25, -0.2) is 15.0 Å². The molecule has 0 radical (unpaired) electrons. The van der Waals surface area contributed by atoms with Gasteiger partial charge in [-0.1, -0.05) is 146 Å². The highest BCUT2D eigenvalue weighted by Crippen LogP contribution is 2.41. The van der Waals surface area contributed by atoms with E-state index < -0.39 is 0 Å². The van der Waals surface area contributed by atoms with Crippen molar-refractivity contribution in [3.63, 3.8) is 0 Å². The van der Waals surface area contributed by atoms with E-state index in [0.29, 0.717) is 17.5 Å². The van der Waals surface area contributed by atoms with Crippen molar-refractivity contribution in [1.29, 1.82) is 0 Å². The second kappa shape index (κ2) is 11.0. The summed E-state index contributed by atoms with van der Waals surface area (Å²) in [5.74, 6) is 1.94. The zero-order valence-electron chi connectivity index (χ0n) is 26.5. The highest BCUT2D eigenvalue weighted by molar-refractivity contribution is 6.30. The molecule has 0 N–H and O–H groups in total. The summed E-state index contributed by atoms with van der Waals surface area (Å²) in [6, 6.07) is 59.8. The van der Waals surface area contributed by atoms with Gasteiger partial charge in [0.1, 0.15) is 0 Å². The second-order valence-corrected chi connectivity index (χ2v) is 12.4. The average Bonchev–Trinajstić information content (AvgIpc) is 3.53. The van der Waals surface area contributed by atoms with E-state index in [9.17, 15) is 0 Å². The van der Waals surface area contributed by atoms with Crippen molar-refractivity contribution in [2.75, 3.05) is 0 Å². The lowest BCUT2D eigenvalue weighted by atomic mass is 9.94. The van der Waals surface area contributed by atoms with E-state index in [0.717, 1.165) is 33.4 Å². The molecule has 10 aromatic rings. The number of fused-ring (bicyclic) bond motifs is 9. The minimum absolute atomic E-state index is 0.638. The molecule has 0 aliphatic carbocycles. The van der Waals surface area contributed by atoms with Crippen molar-refractivity contribution in [2.24, 2.45) is 0 Å². The van der Waals surface area contributed by atoms with Gasteiger partial charge >= 0.3 is 0 Å². The lowest BCUT2D eigenvalue weighted by molar-refractivity contribution is 1.07. The van der Waals surface area contributed by atoms with Gasteiger partial charge in [0.15, 0.2) is 17.5 Å². The molecular formula is C45H28N4. The summed E-state index contributed by atoms with van der Waals surface area (Å²) in [5.41, 5.74) is 6.21. The van der Waals surface area contributed by atoms with Crippen LogP contribution in [0.4, 0.5) is 0 Å². The molecule has 228 valence electrons. The number of aromatic nitrogens is 4. The van der Waals surface area contributed by atoms with E-state index in [-0.39, 0.29) is 0 Å². The Balaban J connectivity index is 1.22. The summed E-state index contributed by atoms with van der Waals surface area (Å²) in [5, 5.41) is 10.1. The SMILES string of the molecule is c1ccc(-c2nc(-c3ccccc3)nc(-c3cccc(-n4c5ccccc5c5c6c(ccc7c8ccccc8ccc76)ccc54)c3)n2)cc1. The summed E-state index contributed by atoms with van der Waals surface area (Å²) in [6.45, 7) is 0. The molecule has 2 heterocycles. The molecule has 0 unspecified atom stereocenters. The molecule has 0 spiro atoms. The first-order valence-electron chi connectivity index (χ1n) is 16.5. The Morgan fingerprint density at radius 3 is 1.65 bits per heavy atom. The van der Waals surface area contributed by atoms with Crippen LogP contribution in [0, 0.1) is 0 Å². The number of benzene rings is 8. The van der Waals surface area contributed by atoms with Crippen molar-refractivity contribution < 1.29 is 0 Å². The zero-order valence-corrected chi connectivity index (χ0v) is 26.5. The van der Waals surface area contributed by atoms with Crippen LogP contribution in [-0.4, -0.2) is 19.5 Å². The minimum Gasteiger partial charge on any atom is -0.309 e. The average molecular weight is 625 g/mol. The van der Waals surface area contributed by atoms with Crippen LogP contribution in [0.2, 0.25) is 0 Å². The van der Waals surface area contributed by atoms with E-state index in [1.165, 1.54) is 43.1 Å². The summed E-state index contributed by atoms with van der Waals surface area (Å²) >= 11 is 0. The Morgan fingerprint density at radius 1 is 0.327 bits per heavy atom. The molecule has 0 aliphatic heterocycles. The Morgan fingerprint density at radius 2 is 0.898 bits per heavy atom. The Kier molecular flexibility index (Phi) is 6.15. The predicted octanol–water partition coefficient (Wildman–Crippen LogP) is 11.4. The Bertz CT molecular complexity index is 2820. The lowest BCUT2D eigenvalue weighted by Crippen LogP contribution is -2.01.